The normalized spacial score (nSPS) is 10.7. The Labute approximate surface area is 166 Å². The summed E-state index contributed by atoms with van der Waals surface area (Å²) in [6, 6.07) is 8.13. The average molecular weight is 428 g/mol. The van der Waals surface area contributed by atoms with Gasteiger partial charge < -0.3 is 19.7 Å². The predicted molar refractivity (Wildman–Crippen MR) is 101 cm³/mol. The van der Waals surface area contributed by atoms with Crippen LogP contribution in [0, 0.1) is 0 Å². The first kappa shape index (κ1) is 19.2. The first-order valence-electron chi connectivity index (χ1n) is 7.43. The Morgan fingerprint density at radius 3 is 2.56 bits per heavy atom. The summed E-state index contributed by atoms with van der Waals surface area (Å²) in [6.45, 7) is -0.506. The highest BCUT2D eigenvalue weighted by Crippen LogP contribution is 2.38. The number of benzene rings is 1. The minimum absolute atomic E-state index is 0.0234. The first-order chi connectivity index (χ1) is 12.8. The topological polar surface area (TPSA) is 106 Å². The lowest BCUT2D eigenvalue weighted by Gasteiger charge is -2.07. The second kappa shape index (κ2) is 7.99. The molecule has 0 saturated heterocycles. The van der Waals surface area contributed by atoms with E-state index >= 15 is 0 Å². The zero-order valence-electron chi connectivity index (χ0n) is 13.4. The number of thiophene rings is 1. The highest BCUT2D eigenvalue weighted by Gasteiger charge is 2.21. The van der Waals surface area contributed by atoms with Gasteiger partial charge in [-0.05, 0) is 18.2 Å². The van der Waals surface area contributed by atoms with Gasteiger partial charge in [0.2, 0.25) is 5.88 Å². The molecule has 2 N–H and O–H groups in total. The van der Waals surface area contributed by atoms with Crippen molar-refractivity contribution >= 4 is 56.7 Å². The molecule has 7 nitrogen and oxygen atoms in total. The molecule has 0 aliphatic heterocycles. The Hall–Kier alpha value is -2.55. The van der Waals surface area contributed by atoms with Gasteiger partial charge >= 0.3 is 11.9 Å². The molecule has 2 heterocycles. The van der Waals surface area contributed by atoms with Crippen LogP contribution < -0.4 is 9.47 Å². The molecule has 0 atom stereocenters. The number of carboxylic acid groups (broad SMARTS) is 2. The van der Waals surface area contributed by atoms with E-state index in [4.69, 9.17) is 37.8 Å². The van der Waals surface area contributed by atoms with Gasteiger partial charge in [0.05, 0.1) is 5.39 Å². The molecule has 0 unspecified atom stereocenters. The van der Waals surface area contributed by atoms with Crippen molar-refractivity contribution in [3.8, 4) is 11.6 Å². The predicted octanol–water partition coefficient (Wildman–Crippen LogP) is 4.34. The molecule has 2 aromatic heterocycles. The number of carboxylic acids is 2. The van der Waals surface area contributed by atoms with Crippen LogP contribution in [0.4, 0.5) is 0 Å². The molecule has 3 aromatic rings. The lowest BCUT2D eigenvalue weighted by Crippen LogP contribution is -2.10. The fourth-order valence-electron chi connectivity index (χ4n) is 2.23. The number of fused-ring (bicyclic) bond motifs is 1. The van der Waals surface area contributed by atoms with E-state index in [0.717, 1.165) is 11.3 Å². The Morgan fingerprint density at radius 1 is 1.11 bits per heavy atom. The Kier molecular flexibility index (Phi) is 5.69. The smallest absolute Gasteiger partial charge is 0.349 e. The second-order valence-corrected chi connectivity index (χ2v) is 7.12. The molecular formula is C17H11Cl2NO6S. The number of rotatable bonds is 7. The number of ether oxygens (including phenoxy) is 2. The van der Waals surface area contributed by atoms with Crippen LogP contribution in [0.25, 0.3) is 10.2 Å². The maximum Gasteiger partial charge on any atom is 0.349 e. The zero-order valence-corrected chi connectivity index (χ0v) is 15.8. The van der Waals surface area contributed by atoms with E-state index in [1.807, 2.05) is 0 Å². The van der Waals surface area contributed by atoms with E-state index < -0.39 is 18.5 Å². The van der Waals surface area contributed by atoms with Crippen LogP contribution in [0.3, 0.4) is 0 Å². The molecule has 1 aromatic carbocycles. The van der Waals surface area contributed by atoms with Crippen LogP contribution in [0.15, 0.2) is 30.3 Å². The summed E-state index contributed by atoms with van der Waals surface area (Å²) < 4.78 is 10.7. The summed E-state index contributed by atoms with van der Waals surface area (Å²) in [5.74, 6) is -2.20. The molecule has 0 fully saturated rings. The zero-order chi connectivity index (χ0) is 19.6. The molecule has 140 valence electrons. The number of aromatic carboxylic acids is 1. The van der Waals surface area contributed by atoms with Gasteiger partial charge in [0.15, 0.2) is 17.2 Å². The Morgan fingerprint density at radius 2 is 1.89 bits per heavy atom. The molecule has 0 radical (unpaired) electrons. The number of hydrogen-bond donors (Lipinski definition) is 2. The summed E-state index contributed by atoms with van der Waals surface area (Å²) in [6.07, 6.45) is 0. The largest absolute Gasteiger partial charge is 0.479 e. The summed E-state index contributed by atoms with van der Waals surface area (Å²) in [5.41, 5.74) is 0.714. The third-order valence-corrected chi connectivity index (χ3v) is 5.06. The van der Waals surface area contributed by atoms with Gasteiger partial charge in [-0.25, -0.2) is 14.6 Å². The third kappa shape index (κ3) is 4.41. The van der Waals surface area contributed by atoms with Crippen LogP contribution in [0.2, 0.25) is 10.0 Å². The standard InChI is InChI=1S/C17H11Cl2NO6S/c18-9-2-1-8(11(19)5-9)6-25-12-4-3-10-14(26-7-13(21)22)15(17(23)24)27-16(10)20-12/h1-5H,6-7H2,(H,21,22)(H,23,24). The number of aliphatic carboxylic acids is 1. The summed E-state index contributed by atoms with van der Waals surface area (Å²) >= 11 is 12.8. The lowest BCUT2D eigenvalue weighted by molar-refractivity contribution is -0.139. The van der Waals surface area contributed by atoms with Crippen molar-refractivity contribution in [2.75, 3.05) is 6.61 Å². The van der Waals surface area contributed by atoms with Crippen molar-refractivity contribution in [1.29, 1.82) is 0 Å². The maximum atomic E-state index is 11.4. The fourth-order valence-corrected chi connectivity index (χ4v) is 3.64. The highest BCUT2D eigenvalue weighted by atomic mass is 35.5. The Bertz CT molecular complexity index is 1040. The van der Waals surface area contributed by atoms with Crippen LogP contribution >= 0.6 is 34.5 Å². The molecule has 10 heteroatoms. The van der Waals surface area contributed by atoms with Crippen molar-refractivity contribution in [2.24, 2.45) is 0 Å². The average Bonchev–Trinajstić information content (AvgIpc) is 2.97. The van der Waals surface area contributed by atoms with E-state index in [1.165, 1.54) is 6.07 Å². The van der Waals surface area contributed by atoms with Gasteiger partial charge in [-0.15, -0.1) is 11.3 Å². The van der Waals surface area contributed by atoms with E-state index in [0.29, 0.717) is 25.8 Å². The number of halogens is 2. The Balaban J connectivity index is 1.86. The van der Waals surface area contributed by atoms with Crippen molar-refractivity contribution < 1.29 is 29.3 Å². The third-order valence-electron chi connectivity index (χ3n) is 3.41. The quantitative estimate of drug-likeness (QED) is 0.577. The molecule has 3 rings (SSSR count). The molecule has 0 spiro atoms. The van der Waals surface area contributed by atoms with Crippen LogP contribution in [0.1, 0.15) is 15.2 Å². The summed E-state index contributed by atoms with van der Waals surface area (Å²) in [7, 11) is 0. The number of hydrogen-bond acceptors (Lipinski definition) is 6. The van der Waals surface area contributed by atoms with Crippen LogP contribution in [-0.2, 0) is 11.4 Å². The first-order valence-corrected chi connectivity index (χ1v) is 9.00. The number of carbonyl (C=O) groups is 2. The van der Waals surface area contributed by atoms with E-state index in [1.54, 1.807) is 24.3 Å². The van der Waals surface area contributed by atoms with Crippen molar-refractivity contribution in [2.45, 2.75) is 6.61 Å². The van der Waals surface area contributed by atoms with Gasteiger partial charge in [-0.1, -0.05) is 29.3 Å². The summed E-state index contributed by atoms with van der Waals surface area (Å²) in [4.78, 5) is 26.6. The van der Waals surface area contributed by atoms with Gasteiger partial charge in [0, 0.05) is 21.7 Å². The van der Waals surface area contributed by atoms with E-state index in [9.17, 15) is 14.7 Å². The fraction of sp³-hybridized carbons (Fsp3) is 0.118. The molecule has 0 amide bonds. The molecule has 0 aliphatic rings. The summed E-state index contributed by atoms with van der Waals surface area (Å²) in [5, 5.41) is 19.4. The van der Waals surface area contributed by atoms with Crippen LogP contribution in [0.5, 0.6) is 11.6 Å². The van der Waals surface area contributed by atoms with Crippen molar-refractivity contribution in [1.82, 2.24) is 4.98 Å². The monoisotopic (exact) mass is 427 g/mol. The van der Waals surface area contributed by atoms with E-state index in [2.05, 4.69) is 4.98 Å². The van der Waals surface area contributed by atoms with Crippen molar-refractivity contribution in [3.63, 3.8) is 0 Å². The minimum atomic E-state index is -1.23. The second-order valence-electron chi connectivity index (χ2n) is 5.27. The molecule has 0 aliphatic carbocycles. The number of pyridine rings is 1. The molecule has 0 saturated carbocycles. The van der Waals surface area contributed by atoms with Gasteiger partial charge in [0.25, 0.3) is 0 Å². The molecular weight excluding hydrogens is 417 g/mol. The van der Waals surface area contributed by atoms with Gasteiger partial charge in [0.1, 0.15) is 11.4 Å². The van der Waals surface area contributed by atoms with Crippen molar-refractivity contribution in [3.05, 3.63) is 50.8 Å². The molecule has 0 bridgehead atoms. The molecule has 27 heavy (non-hydrogen) atoms. The van der Waals surface area contributed by atoms with Gasteiger partial charge in [-0.2, -0.15) is 0 Å². The van der Waals surface area contributed by atoms with E-state index in [-0.39, 0.29) is 23.1 Å². The lowest BCUT2D eigenvalue weighted by atomic mass is 10.2. The van der Waals surface area contributed by atoms with Crippen LogP contribution in [-0.4, -0.2) is 33.7 Å². The minimum Gasteiger partial charge on any atom is -0.479 e. The SMILES string of the molecule is O=C(O)COc1c(C(=O)O)sc2nc(OCc3ccc(Cl)cc3Cl)ccc12. The maximum absolute atomic E-state index is 11.4. The number of nitrogens with zero attached hydrogens (tertiary/aromatic N) is 1. The number of aromatic nitrogens is 1. The highest BCUT2D eigenvalue weighted by molar-refractivity contribution is 7.20. The van der Waals surface area contributed by atoms with Gasteiger partial charge in [-0.3, -0.25) is 0 Å².